The first kappa shape index (κ1) is 20.6. The molecule has 1 aromatic heterocycles. The van der Waals surface area contributed by atoms with Crippen LogP contribution in [0.25, 0.3) is 0 Å². The molecular weight excluding hydrogens is 354 g/mol. The van der Waals surface area contributed by atoms with Crippen molar-refractivity contribution in [2.24, 2.45) is 11.3 Å². The van der Waals surface area contributed by atoms with Gasteiger partial charge in [0.15, 0.2) is 5.78 Å². The second-order valence-corrected chi connectivity index (χ2v) is 9.64. The van der Waals surface area contributed by atoms with Crippen LogP contribution in [0.15, 0.2) is 0 Å². The summed E-state index contributed by atoms with van der Waals surface area (Å²) in [5.74, 6) is 0.503. The van der Waals surface area contributed by atoms with Crippen LogP contribution < -0.4 is 0 Å². The van der Waals surface area contributed by atoms with E-state index in [1.165, 1.54) is 0 Å². The molecule has 1 aliphatic heterocycles. The monoisotopic (exact) mass is 387 g/mol. The Balaban J connectivity index is 1.95. The molecule has 1 aromatic rings. The van der Waals surface area contributed by atoms with Crippen molar-refractivity contribution < 1.29 is 14.4 Å². The number of rotatable bonds is 4. The average Bonchev–Trinajstić information content (AvgIpc) is 2.81. The molecule has 0 N–H and O–H groups in total. The number of fused-ring (bicyclic) bond motifs is 1. The molecule has 0 unspecified atom stereocenters. The lowest BCUT2D eigenvalue weighted by Crippen LogP contribution is -2.51. The number of aromatic nitrogens is 1. The number of Topliss-reactive ketones (excluding diaryl/α,β-unsaturated/α-hetero) is 1. The quantitative estimate of drug-likeness (QED) is 0.797. The number of nitrogens with zero attached hydrogens (tertiary/aromatic N) is 3. The highest BCUT2D eigenvalue weighted by atomic mass is 16.2. The summed E-state index contributed by atoms with van der Waals surface area (Å²) in [5, 5.41) is 0. The number of amides is 2. The van der Waals surface area contributed by atoms with Gasteiger partial charge in [0, 0.05) is 50.1 Å². The molecule has 1 saturated heterocycles. The van der Waals surface area contributed by atoms with Crippen molar-refractivity contribution in [3.8, 4) is 0 Å². The van der Waals surface area contributed by atoms with E-state index >= 15 is 0 Å². The minimum absolute atomic E-state index is 0.0337. The van der Waals surface area contributed by atoms with Crippen molar-refractivity contribution in [1.82, 2.24) is 14.4 Å². The third kappa shape index (κ3) is 3.87. The zero-order chi connectivity index (χ0) is 20.8. The SMILES string of the molecule is Cc1c(CC(=O)N2CCN(C)C(=O)C2)c2c(n1CC(C)C)CC(C)(C)CC2=O. The molecule has 1 aliphatic carbocycles. The summed E-state index contributed by atoms with van der Waals surface area (Å²) in [6.07, 6.45) is 1.56. The molecule has 0 radical (unpaired) electrons. The van der Waals surface area contributed by atoms with Crippen LogP contribution in [-0.4, -0.2) is 58.6 Å². The van der Waals surface area contributed by atoms with Crippen LogP contribution in [0.1, 0.15) is 61.4 Å². The van der Waals surface area contributed by atoms with Gasteiger partial charge in [0.25, 0.3) is 0 Å². The highest BCUT2D eigenvalue weighted by Crippen LogP contribution is 2.39. The van der Waals surface area contributed by atoms with Gasteiger partial charge in [-0.05, 0) is 30.2 Å². The van der Waals surface area contributed by atoms with Crippen LogP contribution in [0.2, 0.25) is 0 Å². The van der Waals surface area contributed by atoms with E-state index in [-0.39, 0.29) is 36.0 Å². The first-order valence-corrected chi connectivity index (χ1v) is 10.3. The van der Waals surface area contributed by atoms with Crippen molar-refractivity contribution in [3.05, 3.63) is 22.5 Å². The lowest BCUT2D eigenvalue weighted by atomic mass is 9.75. The van der Waals surface area contributed by atoms with Crippen molar-refractivity contribution >= 4 is 17.6 Å². The molecule has 1 fully saturated rings. The van der Waals surface area contributed by atoms with E-state index in [1.807, 2.05) is 6.92 Å². The van der Waals surface area contributed by atoms with Crippen LogP contribution >= 0.6 is 0 Å². The van der Waals surface area contributed by atoms with Gasteiger partial charge in [-0.3, -0.25) is 14.4 Å². The molecule has 28 heavy (non-hydrogen) atoms. The minimum atomic E-state index is -0.0633. The second-order valence-electron chi connectivity index (χ2n) is 9.64. The average molecular weight is 388 g/mol. The van der Waals surface area contributed by atoms with Gasteiger partial charge in [-0.15, -0.1) is 0 Å². The molecule has 2 heterocycles. The Hall–Kier alpha value is -2.11. The molecule has 2 amide bonds. The molecule has 0 atom stereocenters. The molecule has 3 rings (SSSR count). The van der Waals surface area contributed by atoms with E-state index in [9.17, 15) is 14.4 Å². The number of carbonyl (C=O) groups is 3. The van der Waals surface area contributed by atoms with Crippen LogP contribution in [-0.2, 0) is 29.0 Å². The fraction of sp³-hybridized carbons (Fsp3) is 0.682. The number of hydrogen-bond acceptors (Lipinski definition) is 3. The number of carbonyl (C=O) groups excluding carboxylic acids is 3. The maximum absolute atomic E-state index is 13.0. The molecule has 0 spiro atoms. The van der Waals surface area contributed by atoms with E-state index in [2.05, 4.69) is 32.3 Å². The van der Waals surface area contributed by atoms with Gasteiger partial charge in [0.05, 0.1) is 13.0 Å². The lowest BCUT2D eigenvalue weighted by Gasteiger charge is -2.32. The summed E-state index contributed by atoms with van der Waals surface area (Å²) >= 11 is 0. The third-order valence-corrected chi connectivity index (χ3v) is 6.01. The normalized spacial score (nSPS) is 19.4. The molecule has 6 heteroatoms. The number of piperazine rings is 1. The van der Waals surface area contributed by atoms with Crippen molar-refractivity contribution in [2.75, 3.05) is 26.7 Å². The van der Waals surface area contributed by atoms with Crippen LogP contribution in [0.3, 0.4) is 0 Å². The molecule has 0 aromatic carbocycles. The van der Waals surface area contributed by atoms with E-state index in [0.29, 0.717) is 25.4 Å². The summed E-state index contributed by atoms with van der Waals surface area (Å²) < 4.78 is 2.26. The topological polar surface area (TPSA) is 62.6 Å². The Bertz CT molecular complexity index is 819. The van der Waals surface area contributed by atoms with Gasteiger partial charge in [-0.1, -0.05) is 27.7 Å². The summed E-state index contributed by atoms with van der Waals surface area (Å²) in [4.78, 5) is 41.3. The van der Waals surface area contributed by atoms with E-state index in [4.69, 9.17) is 0 Å². The maximum Gasteiger partial charge on any atom is 0.241 e. The first-order chi connectivity index (χ1) is 13.0. The zero-order valence-corrected chi connectivity index (χ0v) is 18.1. The third-order valence-electron chi connectivity index (χ3n) is 6.01. The van der Waals surface area contributed by atoms with E-state index in [1.54, 1.807) is 16.8 Å². The van der Waals surface area contributed by atoms with Gasteiger partial charge in [0.1, 0.15) is 0 Å². The standard InChI is InChI=1S/C22H33N3O3/c1-14(2)12-25-15(3)16(21-17(25)10-22(4,5)11-18(21)26)9-19(27)24-8-7-23(6)20(28)13-24/h14H,7-13H2,1-6H3. The van der Waals surface area contributed by atoms with Crippen molar-refractivity contribution in [1.29, 1.82) is 0 Å². The van der Waals surface area contributed by atoms with Gasteiger partial charge in [-0.25, -0.2) is 0 Å². The first-order valence-electron chi connectivity index (χ1n) is 10.3. The fourth-order valence-electron chi connectivity index (χ4n) is 4.47. The number of hydrogen-bond donors (Lipinski definition) is 0. The molecule has 0 bridgehead atoms. The van der Waals surface area contributed by atoms with E-state index in [0.717, 1.165) is 35.5 Å². The fourth-order valence-corrected chi connectivity index (χ4v) is 4.47. The predicted octanol–water partition coefficient (Wildman–Crippen LogP) is 2.45. The largest absolute Gasteiger partial charge is 0.348 e. The van der Waals surface area contributed by atoms with Gasteiger partial charge < -0.3 is 14.4 Å². The van der Waals surface area contributed by atoms with Crippen molar-refractivity contribution in [2.45, 2.75) is 60.4 Å². The molecule has 154 valence electrons. The zero-order valence-electron chi connectivity index (χ0n) is 18.1. The maximum atomic E-state index is 13.0. The summed E-state index contributed by atoms with van der Waals surface area (Å²) in [6, 6.07) is 0. The Morgan fingerprint density at radius 1 is 1.14 bits per heavy atom. The van der Waals surface area contributed by atoms with Gasteiger partial charge in [-0.2, -0.15) is 0 Å². The number of likely N-dealkylation sites (N-methyl/N-ethyl adjacent to an activating group) is 1. The Morgan fingerprint density at radius 2 is 1.82 bits per heavy atom. The molecule has 6 nitrogen and oxygen atoms in total. The summed E-state index contributed by atoms with van der Waals surface area (Å²) in [5.41, 5.74) is 3.69. The predicted molar refractivity (Wildman–Crippen MR) is 108 cm³/mol. The molecule has 2 aliphatic rings. The minimum Gasteiger partial charge on any atom is -0.348 e. The summed E-state index contributed by atoms with van der Waals surface area (Å²) in [6.45, 7) is 12.7. The van der Waals surface area contributed by atoms with Gasteiger partial charge in [0.2, 0.25) is 11.8 Å². The Labute approximate surface area is 167 Å². The number of ketones is 1. The van der Waals surface area contributed by atoms with Crippen molar-refractivity contribution in [3.63, 3.8) is 0 Å². The molecule has 0 saturated carbocycles. The molecular formula is C22H33N3O3. The lowest BCUT2D eigenvalue weighted by molar-refractivity contribution is -0.143. The Kier molecular flexibility index (Phi) is 5.43. The summed E-state index contributed by atoms with van der Waals surface area (Å²) in [7, 11) is 1.76. The van der Waals surface area contributed by atoms with E-state index < -0.39 is 0 Å². The second kappa shape index (κ2) is 7.37. The van der Waals surface area contributed by atoms with Crippen LogP contribution in [0.5, 0.6) is 0 Å². The van der Waals surface area contributed by atoms with Crippen LogP contribution in [0.4, 0.5) is 0 Å². The highest BCUT2D eigenvalue weighted by molar-refractivity contribution is 6.02. The van der Waals surface area contributed by atoms with Crippen LogP contribution in [0, 0.1) is 18.3 Å². The smallest absolute Gasteiger partial charge is 0.241 e. The Morgan fingerprint density at radius 3 is 2.43 bits per heavy atom. The highest BCUT2D eigenvalue weighted by Gasteiger charge is 2.37. The van der Waals surface area contributed by atoms with Gasteiger partial charge >= 0.3 is 0 Å².